The topological polar surface area (TPSA) is 141 Å². The molecule has 0 radical (unpaired) electrons. The number of hydrogen-bond acceptors (Lipinski definition) is 7. The Labute approximate surface area is 176 Å². The Kier molecular flexibility index (Phi) is 10.1. The lowest BCUT2D eigenvalue weighted by atomic mass is 9.98. The molecule has 0 bridgehead atoms. The molecule has 162 valence electrons. The van der Waals surface area contributed by atoms with Crippen LogP contribution in [0.3, 0.4) is 0 Å². The maximum Gasteiger partial charge on any atom is 0.240 e. The standard InChI is InChI=1S/C19H31ClN6O3/c1-11(2)7-16(26(29)10-15(23-4)17(20)12(3)22)19(28)25-14(9-21)8-13-5-6-24-18(13)27/h11,13-14,16,22-23,29H,5-8,10H2,1-4H3,(H,24,27)(H,25,28)/b17-15+,22-12?/t13?,14?,16-/m0/s1. The summed E-state index contributed by atoms with van der Waals surface area (Å²) in [5.74, 6) is -0.808. The summed E-state index contributed by atoms with van der Waals surface area (Å²) in [5, 5.41) is 36.9. The van der Waals surface area contributed by atoms with Crippen LogP contribution in [0.25, 0.3) is 0 Å². The minimum Gasteiger partial charge on any atom is -0.389 e. The van der Waals surface area contributed by atoms with Gasteiger partial charge in [-0.1, -0.05) is 25.4 Å². The fraction of sp³-hybridized carbons (Fsp3) is 0.684. The predicted octanol–water partition coefficient (Wildman–Crippen LogP) is 1.34. The molecule has 0 saturated carbocycles. The van der Waals surface area contributed by atoms with E-state index in [1.165, 1.54) is 6.92 Å². The van der Waals surface area contributed by atoms with Crippen LogP contribution in [0.1, 0.15) is 40.0 Å². The number of hydrogen-bond donors (Lipinski definition) is 5. The zero-order valence-corrected chi connectivity index (χ0v) is 18.1. The first-order chi connectivity index (χ1) is 13.6. The Hall–Kier alpha value is -2.15. The van der Waals surface area contributed by atoms with Gasteiger partial charge in [0.05, 0.1) is 17.6 Å². The van der Waals surface area contributed by atoms with E-state index in [2.05, 4.69) is 16.0 Å². The number of rotatable bonds is 11. The number of halogens is 1. The molecule has 0 aromatic heterocycles. The second kappa shape index (κ2) is 11.8. The molecular formula is C19H31ClN6O3. The van der Waals surface area contributed by atoms with Crippen molar-refractivity contribution in [3.63, 3.8) is 0 Å². The Balaban J connectivity index is 2.90. The Morgan fingerprint density at radius 2 is 2.17 bits per heavy atom. The molecule has 0 aromatic carbocycles. The second-order valence-corrected chi connectivity index (χ2v) is 7.99. The van der Waals surface area contributed by atoms with Crippen LogP contribution in [0.5, 0.6) is 0 Å². The summed E-state index contributed by atoms with van der Waals surface area (Å²) < 4.78 is 0. The van der Waals surface area contributed by atoms with Crippen LogP contribution in [0.4, 0.5) is 0 Å². The largest absolute Gasteiger partial charge is 0.389 e. The van der Waals surface area contributed by atoms with E-state index in [9.17, 15) is 20.1 Å². The van der Waals surface area contributed by atoms with Crippen molar-refractivity contribution in [3.8, 4) is 6.07 Å². The van der Waals surface area contributed by atoms with Gasteiger partial charge in [-0.2, -0.15) is 10.3 Å². The zero-order chi connectivity index (χ0) is 22.1. The van der Waals surface area contributed by atoms with Gasteiger partial charge in [0, 0.05) is 30.9 Å². The first-order valence-electron chi connectivity index (χ1n) is 9.65. The lowest BCUT2D eigenvalue weighted by molar-refractivity contribution is -0.155. The van der Waals surface area contributed by atoms with Crippen LogP contribution in [-0.2, 0) is 9.59 Å². The number of nitriles is 1. The second-order valence-electron chi connectivity index (χ2n) is 7.61. The highest BCUT2D eigenvalue weighted by Crippen LogP contribution is 2.18. The molecule has 9 nitrogen and oxygen atoms in total. The zero-order valence-electron chi connectivity index (χ0n) is 17.4. The van der Waals surface area contributed by atoms with Crippen molar-refractivity contribution in [1.82, 2.24) is 21.0 Å². The molecule has 29 heavy (non-hydrogen) atoms. The number of allylic oxidation sites excluding steroid dienone is 1. The van der Waals surface area contributed by atoms with Crippen LogP contribution >= 0.6 is 11.6 Å². The fourth-order valence-corrected chi connectivity index (χ4v) is 3.29. The van der Waals surface area contributed by atoms with Crippen LogP contribution in [-0.4, -0.2) is 60.0 Å². The van der Waals surface area contributed by atoms with Gasteiger partial charge in [0.25, 0.3) is 0 Å². The summed E-state index contributed by atoms with van der Waals surface area (Å²) in [6.45, 7) is 5.85. The molecule has 5 N–H and O–H groups in total. The van der Waals surface area contributed by atoms with Crippen molar-refractivity contribution in [2.24, 2.45) is 11.8 Å². The summed E-state index contributed by atoms with van der Waals surface area (Å²) in [6, 6.07) is 0.287. The number of likely N-dealkylation sites (N-methyl/N-ethyl adjacent to an activating group) is 1. The van der Waals surface area contributed by atoms with Gasteiger partial charge in [-0.3, -0.25) is 9.59 Å². The van der Waals surface area contributed by atoms with E-state index < -0.39 is 18.0 Å². The molecule has 0 spiro atoms. The highest BCUT2D eigenvalue weighted by Gasteiger charge is 2.32. The number of nitrogens with zero attached hydrogens (tertiary/aromatic N) is 2. The van der Waals surface area contributed by atoms with Gasteiger partial charge in [-0.25, -0.2) is 0 Å². The molecule has 0 aromatic rings. The minimum atomic E-state index is -0.915. The molecule has 1 aliphatic rings. The van der Waals surface area contributed by atoms with Gasteiger partial charge >= 0.3 is 0 Å². The van der Waals surface area contributed by atoms with E-state index in [0.717, 1.165) is 5.06 Å². The Morgan fingerprint density at radius 3 is 2.62 bits per heavy atom. The van der Waals surface area contributed by atoms with Crippen molar-refractivity contribution in [1.29, 1.82) is 10.7 Å². The van der Waals surface area contributed by atoms with Crippen LogP contribution in [0.15, 0.2) is 10.7 Å². The SMILES string of the molecule is CN/C(CN(O)[C@@H](CC(C)C)C(=O)NC(C#N)CC1CCNC1=O)=C(/Cl)C(C)=N. The molecule has 1 saturated heterocycles. The average Bonchev–Trinajstić information content (AvgIpc) is 3.06. The first-order valence-corrected chi connectivity index (χ1v) is 10.0. The first kappa shape index (κ1) is 24.9. The van der Waals surface area contributed by atoms with Gasteiger partial charge in [0.1, 0.15) is 12.1 Å². The molecule has 1 heterocycles. The molecule has 1 fully saturated rings. The predicted molar refractivity (Wildman–Crippen MR) is 110 cm³/mol. The van der Waals surface area contributed by atoms with Crippen molar-refractivity contribution in [3.05, 3.63) is 10.7 Å². The van der Waals surface area contributed by atoms with Crippen molar-refractivity contribution < 1.29 is 14.8 Å². The van der Waals surface area contributed by atoms with E-state index >= 15 is 0 Å². The molecule has 0 aliphatic carbocycles. The molecule has 3 atom stereocenters. The molecule has 2 unspecified atom stereocenters. The van der Waals surface area contributed by atoms with Gasteiger partial charge in [0.2, 0.25) is 11.8 Å². The summed E-state index contributed by atoms with van der Waals surface area (Å²) in [4.78, 5) is 24.6. The smallest absolute Gasteiger partial charge is 0.240 e. The normalized spacial score (nSPS) is 19.3. The van der Waals surface area contributed by atoms with E-state index in [-0.39, 0.29) is 41.5 Å². The van der Waals surface area contributed by atoms with E-state index in [0.29, 0.717) is 25.1 Å². The fourth-order valence-electron chi connectivity index (χ4n) is 3.13. The van der Waals surface area contributed by atoms with E-state index in [4.69, 9.17) is 17.0 Å². The number of hydroxylamine groups is 2. The van der Waals surface area contributed by atoms with Crippen molar-refractivity contribution in [2.75, 3.05) is 20.1 Å². The van der Waals surface area contributed by atoms with Crippen molar-refractivity contribution in [2.45, 2.75) is 52.1 Å². The van der Waals surface area contributed by atoms with Crippen LogP contribution < -0.4 is 16.0 Å². The van der Waals surface area contributed by atoms with Crippen LogP contribution in [0, 0.1) is 28.6 Å². The quantitative estimate of drug-likeness (QED) is 0.249. The highest BCUT2D eigenvalue weighted by molar-refractivity contribution is 6.43. The molecule has 1 aliphatic heterocycles. The van der Waals surface area contributed by atoms with E-state index in [1.807, 2.05) is 19.9 Å². The lowest BCUT2D eigenvalue weighted by Gasteiger charge is -2.28. The third kappa shape index (κ3) is 7.65. The third-order valence-corrected chi connectivity index (χ3v) is 5.24. The maximum absolute atomic E-state index is 12.8. The number of amides is 2. The summed E-state index contributed by atoms with van der Waals surface area (Å²) in [7, 11) is 1.62. The summed E-state index contributed by atoms with van der Waals surface area (Å²) in [6.07, 6.45) is 1.21. The van der Waals surface area contributed by atoms with Gasteiger partial charge in [0.15, 0.2) is 0 Å². The molecule has 1 rings (SSSR count). The van der Waals surface area contributed by atoms with Gasteiger partial charge < -0.3 is 26.6 Å². The number of carbonyl (C=O) groups excluding carboxylic acids is 2. The highest BCUT2D eigenvalue weighted by atomic mass is 35.5. The monoisotopic (exact) mass is 426 g/mol. The van der Waals surface area contributed by atoms with E-state index in [1.54, 1.807) is 7.05 Å². The van der Waals surface area contributed by atoms with Crippen LogP contribution in [0.2, 0.25) is 0 Å². The maximum atomic E-state index is 12.8. The molecule has 10 heteroatoms. The molecular weight excluding hydrogens is 396 g/mol. The van der Waals surface area contributed by atoms with Gasteiger partial charge in [-0.15, -0.1) is 0 Å². The lowest BCUT2D eigenvalue weighted by Crippen LogP contribution is -2.50. The average molecular weight is 427 g/mol. The van der Waals surface area contributed by atoms with Crippen molar-refractivity contribution >= 4 is 29.1 Å². The Morgan fingerprint density at radius 1 is 1.52 bits per heavy atom. The summed E-state index contributed by atoms with van der Waals surface area (Å²) in [5.41, 5.74) is 0.538. The minimum absolute atomic E-state index is 0.0847. The summed E-state index contributed by atoms with van der Waals surface area (Å²) >= 11 is 6.10. The third-order valence-electron chi connectivity index (χ3n) is 4.73. The Bertz CT molecular complexity index is 688. The number of nitrogens with one attached hydrogen (secondary N) is 4. The number of carbonyl (C=O) groups is 2. The van der Waals surface area contributed by atoms with Gasteiger partial charge in [-0.05, 0) is 32.1 Å². The molecule has 2 amide bonds.